The molecular weight excluding hydrogens is 324 g/mol. The fourth-order valence-electron chi connectivity index (χ4n) is 3.16. The molecule has 0 unspecified atom stereocenters. The first-order chi connectivity index (χ1) is 12.2. The van der Waals surface area contributed by atoms with Gasteiger partial charge in [-0.1, -0.05) is 0 Å². The molecule has 0 aliphatic carbocycles. The van der Waals surface area contributed by atoms with E-state index in [-0.39, 0.29) is 12.7 Å². The van der Waals surface area contributed by atoms with Crippen LogP contribution in [0.1, 0.15) is 22.2 Å². The number of hydrogen-bond donors (Lipinski definition) is 1. The molecule has 1 aromatic heterocycles. The molecule has 0 radical (unpaired) electrons. The monoisotopic (exact) mass is 344 g/mol. The molecule has 0 saturated carbocycles. The zero-order valence-corrected chi connectivity index (χ0v) is 13.8. The Morgan fingerprint density at radius 3 is 2.68 bits per heavy atom. The maximum absolute atomic E-state index is 12.7. The number of aliphatic hydroxyl groups excluding tert-OH is 1. The summed E-state index contributed by atoms with van der Waals surface area (Å²) in [5.41, 5.74) is 0.605. The number of β-amino-alcohol motifs (C(OH)–C–C–N with tert-alkyl or cyclic N) is 1. The predicted octanol–water partition coefficient (Wildman–Crippen LogP) is 1.50. The van der Waals surface area contributed by atoms with E-state index in [1.54, 1.807) is 36.6 Å². The van der Waals surface area contributed by atoms with Crippen molar-refractivity contribution in [3.63, 3.8) is 0 Å². The number of benzene rings is 1. The minimum absolute atomic E-state index is 0.00969. The SMILES string of the molecule is O=C(c1ccc2c(c1)OCO2)N1CCN(C[C@H](O)c2ccco2)CC1. The Hall–Kier alpha value is -2.51. The lowest BCUT2D eigenvalue weighted by molar-refractivity contribution is 0.0486. The fraction of sp³-hybridized carbons (Fsp3) is 0.389. The Morgan fingerprint density at radius 2 is 1.92 bits per heavy atom. The van der Waals surface area contributed by atoms with Gasteiger partial charge in [0.1, 0.15) is 11.9 Å². The van der Waals surface area contributed by atoms with E-state index < -0.39 is 6.10 Å². The molecule has 7 nitrogen and oxygen atoms in total. The van der Waals surface area contributed by atoms with E-state index in [4.69, 9.17) is 13.9 Å². The van der Waals surface area contributed by atoms with E-state index in [0.29, 0.717) is 55.5 Å². The Bertz CT molecular complexity index is 738. The molecule has 1 saturated heterocycles. The van der Waals surface area contributed by atoms with Crippen molar-refractivity contribution in [2.75, 3.05) is 39.5 Å². The Morgan fingerprint density at radius 1 is 1.12 bits per heavy atom. The number of carbonyl (C=O) groups excluding carboxylic acids is 1. The molecule has 1 amide bonds. The molecule has 1 atom stereocenters. The highest BCUT2D eigenvalue weighted by molar-refractivity contribution is 5.95. The summed E-state index contributed by atoms with van der Waals surface area (Å²) in [6.07, 6.45) is 0.909. The van der Waals surface area contributed by atoms with Crippen molar-refractivity contribution in [2.24, 2.45) is 0 Å². The van der Waals surface area contributed by atoms with Gasteiger partial charge < -0.3 is 23.9 Å². The highest BCUT2D eigenvalue weighted by Crippen LogP contribution is 2.32. The molecule has 1 aromatic carbocycles. The van der Waals surface area contributed by atoms with Gasteiger partial charge in [0.05, 0.1) is 6.26 Å². The number of amides is 1. The summed E-state index contributed by atoms with van der Waals surface area (Å²) in [6.45, 7) is 3.38. The third kappa shape index (κ3) is 3.33. The van der Waals surface area contributed by atoms with Crippen LogP contribution in [-0.2, 0) is 0 Å². The van der Waals surface area contributed by atoms with Gasteiger partial charge in [-0.15, -0.1) is 0 Å². The first-order valence-corrected chi connectivity index (χ1v) is 8.33. The van der Waals surface area contributed by atoms with Crippen LogP contribution >= 0.6 is 0 Å². The molecule has 7 heteroatoms. The Balaban J connectivity index is 1.33. The standard InChI is InChI=1S/C18H20N2O5/c21-14(15-2-1-9-23-15)11-19-5-7-20(8-6-19)18(22)13-3-4-16-17(10-13)25-12-24-16/h1-4,9-10,14,21H,5-8,11-12H2/t14-/m0/s1. The number of furan rings is 1. The molecule has 2 aromatic rings. The van der Waals surface area contributed by atoms with E-state index in [0.717, 1.165) is 0 Å². The van der Waals surface area contributed by atoms with Crippen molar-refractivity contribution in [3.05, 3.63) is 47.9 Å². The summed E-state index contributed by atoms with van der Waals surface area (Å²) in [5, 5.41) is 10.2. The second-order valence-corrected chi connectivity index (χ2v) is 6.19. The number of aliphatic hydroxyl groups is 1. The zero-order chi connectivity index (χ0) is 17.2. The molecular formula is C18H20N2O5. The van der Waals surface area contributed by atoms with Crippen LogP contribution in [0.4, 0.5) is 0 Å². The van der Waals surface area contributed by atoms with E-state index in [1.165, 1.54) is 0 Å². The maximum Gasteiger partial charge on any atom is 0.254 e. The lowest BCUT2D eigenvalue weighted by Gasteiger charge is -2.35. The molecule has 0 spiro atoms. The van der Waals surface area contributed by atoms with E-state index in [2.05, 4.69) is 4.90 Å². The van der Waals surface area contributed by atoms with Crippen molar-refractivity contribution in [1.29, 1.82) is 0 Å². The normalized spacial score (nSPS) is 18.4. The van der Waals surface area contributed by atoms with Crippen molar-refractivity contribution in [2.45, 2.75) is 6.10 Å². The van der Waals surface area contributed by atoms with Crippen molar-refractivity contribution < 1.29 is 23.8 Å². The van der Waals surface area contributed by atoms with Gasteiger partial charge in [0.15, 0.2) is 11.5 Å². The summed E-state index contributed by atoms with van der Waals surface area (Å²) >= 11 is 0. The third-order valence-corrected chi connectivity index (χ3v) is 4.58. The maximum atomic E-state index is 12.7. The lowest BCUT2D eigenvalue weighted by atomic mass is 10.1. The molecule has 2 aliphatic rings. The first-order valence-electron chi connectivity index (χ1n) is 8.33. The van der Waals surface area contributed by atoms with Gasteiger partial charge >= 0.3 is 0 Å². The highest BCUT2D eigenvalue weighted by atomic mass is 16.7. The van der Waals surface area contributed by atoms with Gasteiger partial charge in [0.25, 0.3) is 5.91 Å². The van der Waals surface area contributed by atoms with Crippen LogP contribution in [0.2, 0.25) is 0 Å². The van der Waals surface area contributed by atoms with Crippen LogP contribution in [0.15, 0.2) is 41.0 Å². The number of carbonyl (C=O) groups is 1. The van der Waals surface area contributed by atoms with Gasteiger partial charge in [0, 0.05) is 38.3 Å². The van der Waals surface area contributed by atoms with Gasteiger partial charge in [-0.2, -0.15) is 0 Å². The van der Waals surface area contributed by atoms with Crippen LogP contribution in [-0.4, -0.2) is 60.3 Å². The average molecular weight is 344 g/mol. The third-order valence-electron chi connectivity index (χ3n) is 4.58. The number of rotatable bonds is 4. The number of nitrogens with zero attached hydrogens (tertiary/aromatic N) is 2. The molecule has 3 heterocycles. The Kier molecular flexibility index (Phi) is 4.33. The topological polar surface area (TPSA) is 75.4 Å². The largest absolute Gasteiger partial charge is 0.467 e. The number of piperazine rings is 1. The molecule has 25 heavy (non-hydrogen) atoms. The first kappa shape index (κ1) is 16.0. The van der Waals surface area contributed by atoms with Gasteiger partial charge in [-0.05, 0) is 30.3 Å². The van der Waals surface area contributed by atoms with Crippen molar-refractivity contribution in [3.8, 4) is 11.5 Å². The number of fused-ring (bicyclic) bond motifs is 1. The van der Waals surface area contributed by atoms with Crippen LogP contribution in [0.25, 0.3) is 0 Å². The molecule has 0 bridgehead atoms. The molecule has 132 valence electrons. The van der Waals surface area contributed by atoms with E-state index in [1.807, 2.05) is 4.90 Å². The summed E-state index contributed by atoms with van der Waals surface area (Å²) in [5.74, 6) is 1.85. The lowest BCUT2D eigenvalue weighted by Crippen LogP contribution is -2.49. The van der Waals surface area contributed by atoms with Crippen molar-refractivity contribution >= 4 is 5.91 Å². The number of ether oxygens (including phenoxy) is 2. The van der Waals surface area contributed by atoms with E-state index >= 15 is 0 Å². The predicted molar refractivity (Wildman–Crippen MR) is 88.6 cm³/mol. The van der Waals surface area contributed by atoms with E-state index in [9.17, 15) is 9.90 Å². The molecule has 1 N–H and O–H groups in total. The molecule has 4 rings (SSSR count). The quantitative estimate of drug-likeness (QED) is 0.906. The van der Waals surface area contributed by atoms with Gasteiger partial charge in [0.2, 0.25) is 6.79 Å². The van der Waals surface area contributed by atoms with Crippen LogP contribution in [0.5, 0.6) is 11.5 Å². The van der Waals surface area contributed by atoms with Crippen LogP contribution < -0.4 is 9.47 Å². The molecule has 2 aliphatic heterocycles. The summed E-state index contributed by atoms with van der Waals surface area (Å²) < 4.78 is 15.8. The minimum Gasteiger partial charge on any atom is -0.467 e. The highest BCUT2D eigenvalue weighted by Gasteiger charge is 2.25. The average Bonchev–Trinajstić information content (AvgIpc) is 3.32. The minimum atomic E-state index is -0.647. The van der Waals surface area contributed by atoms with Gasteiger partial charge in [-0.25, -0.2) is 0 Å². The number of hydrogen-bond acceptors (Lipinski definition) is 6. The van der Waals surface area contributed by atoms with Gasteiger partial charge in [-0.3, -0.25) is 9.69 Å². The smallest absolute Gasteiger partial charge is 0.254 e. The van der Waals surface area contributed by atoms with Crippen molar-refractivity contribution in [1.82, 2.24) is 9.80 Å². The van der Waals surface area contributed by atoms with Crippen LogP contribution in [0.3, 0.4) is 0 Å². The molecule has 1 fully saturated rings. The summed E-state index contributed by atoms with van der Waals surface area (Å²) in [7, 11) is 0. The fourth-order valence-corrected chi connectivity index (χ4v) is 3.16. The summed E-state index contributed by atoms with van der Waals surface area (Å²) in [4.78, 5) is 16.6. The van der Waals surface area contributed by atoms with Crippen LogP contribution in [0, 0.1) is 0 Å². The zero-order valence-electron chi connectivity index (χ0n) is 13.8. The summed E-state index contributed by atoms with van der Waals surface area (Å²) in [6, 6.07) is 8.80. The second-order valence-electron chi connectivity index (χ2n) is 6.19. The Labute approximate surface area is 145 Å². The second kappa shape index (κ2) is 6.78.